The van der Waals surface area contributed by atoms with Gasteiger partial charge in [-0.25, -0.2) is 0 Å². The van der Waals surface area contributed by atoms with Crippen LogP contribution in [0.5, 0.6) is 0 Å². The molecule has 1 unspecified atom stereocenters. The first-order valence-corrected chi connectivity index (χ1v) is 5.87. The zero-order chi connectivity index (χ0) is 11.0. The van der Waals surface area contributed by atoms with Gasteiger partial charge < -0.3 is 11.1 Å². The Balaban J connectivity index is 3.40. The van der Waals surface area contributed by atoms with Crippen molar-refractivity contribution in [3.05, 3.63) is 0 Å². The number of hydrogen-bond acceptors (Lipinski definition) is 3. The first-order valence-electron chi connectivity index (χ1n) is 4.71. The minimum atomic E-state index is -0.336. The molecule has 0 heterocycles. The number of thioether (sulfide) groups is 1. The van der Waals surface area contributed by atoms with E-state index in [0.717, 1.165) is 6.42 Å². The third kappa shape index (κ3) is 7.91. The highest BCUT2D eigenvalue weighted by Crippen LogP contribution is 2.01. The van der Waals surface area contributed by atoms with Crippen LogP contribution in [-0.4, -0.2) is 29.4 Å². The molecule has 3 N–H and O–H groups in total. The summed E-state index contributed by atoms with van der Waals surface area (Å²) in [6.07, 6.45) is 1.38. The summed E-state index contributed by atoms with van der Waals surface area (Å²) in [5.74, 6) is 0.635. The molecule has 0 aromatic rings. The standard InChI is InChI=1S/C9H18N2O2S/c1-3-7(2)11-9(13)4-5-14-6-8(10)12/h7H,3-6H2,1-2H3,(H2,10,12)(H,11,13). The highest BCUT2D eigenvalue weighted by atomic mass is 32.2. The van der Waals surface area contributed by atoms with E-state index in [4.69, 9.17) is 5.73 Å². The molecule has 4 nitrogen and oxygen atoms in total. The highest BCUT2D eigenvalue weighted by molar-refractivity contribution is 7.99. The molecule has 0 rings (SSSR count). The predicted octanol–water partition coefficient (Wildman–Crippen LogP) is 0.510. The normalized spacial score (nSPS) is 12.1. The van der Waals surface area contributed by atoms with Gasteiger partial charge >= 0.3 is 0 Å². The molecule has 14 heavy (non-hydrogen) atoms. The maximum Gasteiger partial charge on any atom is 0.227 e. The van der Waals surface area contributed by atoms with Crippen molar-refractivity contribution in [2.45, 2.75) is 32.7 Å². The van der Waals surface area contributed by atoms with Crippen LogP contribution in [0.4, 0.5) is 0 Å². The molecule has 1 atom stereocenters. The summed E-state index contributed by atoms with van der Waals surface area (Å²) in [5, 5.41) is 2.85. The van der Waals surface area contributed by atoms with E-state index in [1.165, 1.54) is 11.8 Å². The lowest BCUT2D eigenvalue weighted by molar-refractivity contribution is -0.121. The summed E-state index contributed by atoms with van der Waals surface area (Å²) < 4.78 is 0. The van der Waals surface area contributed by atoms with Crippen LogP contribution < -0.4 is 11.1 Å². The summed E-state index contributed by atoms with van der Waals surface area (Å²) in [6, 6.07) is 0.226. The Bertz CT molecular complexity index is 197. The average molecular weight is 218 g/mol. The second-order valence-corrected chi connectivity index (χ2v) is 4.25. The monoisotopic (exact) mass is 218 g/mol. The van der Waals surface area contributed by atoms with Gasteiger partial charge in [0.15, 0.2) is 0 Å². The fraction of sp³-hybridized carbons (Fsp3) is 0.778. The molecule has 0 aliphatic rings. The number of nitrogens with one attached hydrogen (secondary N) is 1. The van der Waals surface area contributed by atoms with Crippen molar-refractivity contribution in [3.63, 3.8) is 0 Å². The zero-order valence-electron chi connectivity index (χ0n) is 8.71. The summed E-state index contributed by atoms with van der Waals surface area (Å²) in [5.41, 5.74) is 4.95. The van der Waals surface area contributed by atoms with Gasteiger partial charge in [0.05, 0.1) is 5.75 Å². The molecule has 82 valence electrons. The molecule has 0 aromatic carbocycles. The summed E-state index contributed by atoms with van der Waals surface area (Å²) in [7, 11) is 0. The van der Waals surface area contributed by atoms with Gasteiger partial charge in [-0.2, -0.15) is 11.8 Å². The van der Waals surface area contributed by atoms with Gasteiger partial charge in [0.25, 0.3) is 0 Å². The van der Waals surface area contributed by atoms with Gasteiger partial charge in [-0.1, -0.05) is 6.92 Å². The van der Waals surface area contributed by atoms with Crippen LogP contribution >= 0.6 is 11.8 Å². The maximum atomic E-state index is 11.2. The maximum absolute atomic E-state index is 11.2. The third-order valence-corrected chi connectivity index (χ3v) is 2.72. The van der Waals surface area contributed by atoms with Crippen molar-refractivity contribution in [1.29, 1.82) is 0 Å². The van der Waals surface area contributed by atoms with Gasteiger partial charge in [0.2, 0.25) is 11.8 Å². The van der Waals surface area contributed by atoms with Gasteiger partial charge in [0, 0.05) is 18.2 Å². The van der Waals surface area contributed by atoms with E-state index in [0.29, 0.717) is 12.2 Å². The van der Waals surface area contributed by atoms with Crippen LogP contribution in [-0.2, 0) is 9.59 Å². The lowest BCUT2D eigenvalue weighted by Gasteiger charge is -2.10. The molecule has 0 aliphatic heterocycles. The minimum Gasteiger partial charge on any atom is -0.369 e. The fourth-order valence-corrected chi connectivity index (χ4v) is 1.46. The van der Waals surface area contributed by atoms with E-state index >= 15 is 0 Å². The van der Waals surface area contributed by atoms with Crippen LogP contribution in [0.3, 0.4) is 0 Å². The molecular weight excluding hydrogens is 200 g/mol. The number of rotatable bonds is 7. The summed E-state index contributed by atoms with van der Waals surface area (Å²) >= 11 is 1.39. The van der Waals surface area contributed by atoms with Crippen molar-refractivity contribution in [3.8, 4) is 0 Å². The van der Waals surface area contributed by atoms with Crippen molar-refractivity contribution >= 4 is 23.6 Å². The molecule has 2 amide bonds. The van der Waals surface area contributed by atoms with Crippen molar-refractivity contribution in [2.75, 3.05) is 11.5 Å². The van der Waals surface area contributed by atoms with Crippen LogP contribution in [0.25, 0.3) is 0 Å². The minimum absolute atomic E-state index is 0.0383. The molecule has 0 aliphatic carbocycles. The van der Waals surface area contributed by atoms with E-state index in [1.54, 1.807) is 0 Å². The van der Waals surface area contributed by atoms with Crippen molar-refractivity contribution in [2.24, 2.45) is 5.73 Å². The number of nitrogens with two attached hydrogens (primary N) is 1. The molecule has 5 heteroatoms. The molecule has 0 saturated carbocycles. The summed E-state index contributed by atoms with van der Waals surface area (Å²) in [6.45, 7) is 3.99. The molecule has 0 spiro atoms. The number of carbonyl (C=O) groups is 2. The number of carbonyl (C=O) groups excluding carboxylic acids is 2. The van der Waals surface area contributed by atoms with Crippen molar-refractivity contribution < 1.29 is 9.59 Å². The van der Waals surface area contributed by atoms with E-state index in [2.05, 4.69) is 5.32 Å². The van der Waals surface area contributed by atoms with Gasteiger partial charge in [-0.05, 0) is 13.3 Å². The molecule has 0 aromatic heterocycles. The lowest BCUT2D eigenvalue weighted by atomic mass is 10.2. The topological polar surface area (TPSA) is 72.2 Å². The Kier molecular flexibility index (Phi) is 7.28. The van der Waals surface area contributed by atoms with Crippen LogP contribution in [0.1, 0.15) is 26.7 Å². The van der Waals surface area contributed by atoms with E-state index in [1.807, 2.05) is 13.8 Å². The third-order valence-electron chi connectivity index (χ3n) is 1.74. The Hall–Kier alpha value is -0.710. The predicted molar refractivity (Wildman–Crippen MR) is 59.0 cm³/mol. The van der Waals surface area contributed by atoms with Gasteiger partial charge in [-0.15, -0.1) is 0 Å². The quantitative estimate of drug-likeness (QED) is 0.612. The molecule has 0 saturated heterocycles. The Labute approximate surface area is 89.0 Å². The first kappa shape index (κ1) is 13.3. The van der Waals surface area contributed by atoms with E-state index in [9.17, 15) is 9.59 Å². The van der Waals surface area contributed by atoms with E-state index in [-0.39, 0.29) is 23.6 Å². The second-order valence-electron chi connectivity index (χ2n) is 3.15. The zero-order valence-corrected chi connectivity index (χ0v) is 9.52. The fourth-order valence-electron chi connectivity index (χ4n) is 0.787. The largest absolute Gasteiger partial charge is 0.369 e. The molecule has 0 radical (unpaired) electrons. The molecule has 0 fully saturated rings. The van der Waals surface area contributed by atoms with Crippen LogP contribution in [0.2, 0.25) is 0 Å². The Morgan fingerprint density at radius 3 is 2.64 bits per heavy atom. The number of amides is 2. The van der Waals surface area contributed by atoms with E-state index < -0.39 is 0 Å². The number of primary amides is 1. The second kappa shape index (κ2) is 7.67. The SMILES string of the molecule is CCC(C)NC(=O)CCSCC(N)=O. The van der Waals surface area contributed by atoms with Crippen molar-refractivity contribution in [1.82, 2.24) is 5.32 Å². The Morgan fingerprint density at radius 1 is 1.50 bits per heavy atom. The lowest BCUT2D eigenvalue weighted by Crippen LogP contribution is -2.32. The highest BCUT2D eigenvalue weighted by Gasteiger charge is 2.05. The Morgan fingerprint density at radius 2 is 2.14 bits per heavy atom. The van der Waals surface area contributed by atoms with Crippen LogP contribution in [0.15, 0.2) is 0 Å². The first-order chi connectivity index (χ1) is 6.56. The summed E-state index contributed by atoms with van der Waals surface area (Å²) in [4.78, 5) is 21.6. The molecule has 0 bridgehead atoms. The average Bonchev–Trinajstić information content (AvgIpc) is 2.12. The van der Waals surface area contributed by atoms with Gasteiger partial charge in [0.1, 0.15) is 0 Å². The smallest absolute Gasteiger partial charge is 0.227 e. The van der Waals surface area contributed by atoms with Gasteiger partial charge in [-0.3, -0.25) is 9.59 Å². The molecular formula is C9H18N2O2S. The van der Waals surface area contributed by atoms with Crippen LogP contribution in [0, 0.1) is 0 Å². The number of hydrogen-bond donors (Lipinski definition) is 2.